The van der Waals surface area contributed by atoms with Gasteiger partial charge in [-0.3, -0.25) is 4.98 Å². The molecule has 0 fully saturated rings. The molecule has 20 heavy (non-hydrogen) atoms. The van der Waals surface area contributed by atoms with Crippen molar-refractivity contribution in [3.05, 3.63) is 65.8 Å². The zero-order valence-electron chi connectivity index (χ0n) is 10.7. The fraction of sp³-hybridized carbons (Fsp3) is 0.133. The molecule has 1 aromatic carbocycles. The molecule has 3 aromatic rings. The molecular formula is C15H13N3O2. The third kappa shape index (κ3) is 2.73. The first-order valence-corrected chi connectivity index (χ1v) is 6.27. The molecule has 0 saturated heterocycles. The average molecular weight is 267 g/mol. The van der Waals surface area contributed by atoms with Gasteiger partial charge < -0.3 is 9.63 Å². The number of hydrogen-bond acceptors (Lipinski definition) is 5. The first kappa shape index (κ1) is 12.5. The molecule has 0 radical (unpaired) electrons. The van der Waals surface area contributed by atoms with Crippen LogP contribution in [0.1, 0.15) is 17.0 Å². The van der Waals surface area contributed by atoms with E-state index in [9.17, 15) is 0 Å². The minimum Gasteiger partial charge on any atom is -0.392 e. The van der Waals surface area contributed by atoms with Crippen LogP contribution in [0, 0.1) is 0 Å². The molecule has 0 aliphatic carbocycles. The molecule has 0 amide bonds. The van der Waals surface area contributed by atoms with E-state index in [0.29, 0.717) is 18.1 Å². The van der Waals surface area contributed by atoms with Gasteiger partial charge in [-0.1, -0.05) is 29.4 Å². The Labute approximate surface area is 115 Å². The van der Waals surface area contributed by atoms with Crippen molar-refractivity contribution in [2.45, 2.75) is 13.0 Å². The van der Waals surface area contributed by atoms with Crippen LogP contribution in [0.3, 0.4) is 0 Å². The quantitative estimate of drug-likeness (QED) is 0.784. The lowest BCUT2D eigenvalue weighted by atomic mass is 10.1. The second-order valence-electron chi connectivity index (χ2n) is 4.40. The van der Waals surface area contributed by atoms with Crippen LogP contribution in [0.15, 0.2) is 53.3 Å². The third-order valence-electron chi connectivity index (χ3n) is 2.97. The van der Waals surface area contributed by atoms with Gasteiger partial charge >= 0.3 is 0 Å². The molecule has 0 unspecified atom stereocenters. The number of benzene rings is 1. The van der Waals surface area contributed by atoms with Crippen molar-refractivity contribution < 1.29 is 9.63 Å². The Bertz CT molecular complexity index is 678. The van der Waals surface area contributed by atoms with E-state index in [0.717, 1.165) is 16.7 Å². The summed E-state index contributed by atoms with van der Waals surface area (Å²) in [7, 11) is 0. The fourth-order valence-electron chi connectivity index (χ4n) is 1.88. The summed E-state index contributed by atoms with van der Waals surface area (Å²) in [6.45, 7) is 0.0276. The average Bonchev–Trinajstić information content (AvgIpc) is 2.97. The molecule has 0 atom stereocenters. The van der Waals surface area contributed by atoms with E-state index >= 15 is 0 Å². The Hall–Kier alpha value is -2.53. The summed E-state index contributed by atoms with van der Waals surface area (Å²) >= 11 is 0. The first-order valence-electron chi connectivity index (χ1n) is 6.27. The molecule has 0 aliphatic heterocycles. The zero-order chi connectivity index (χ0) is 13.8. The molecule has 2 heterocycles. The van der Waals surface area contributed by atoms with Gasteiger partial charge in [0.1, 0.15) is 0 Å². The van der Waals surface area contributed by atoms with Crippen molar-refractivity contribution in [3.8, 4) is 11.4 Å². The lowest BCUT2D eigenvalue weighted by Crippen LogP contribution is -1.89. The Kier molecular flexibility index (Phi) is 3.52. The number of rotatable bonds is 4. The van der Waals surface area contributed by atoms with Crippen molar-refractivity contribution in [1.82, 2.24) is 15.1 Å². The summed E-state index contributed by atoms with van der Waals surface area (Å²) in [5.41, 5.74) is 2.80. The standard InChI is InChI=1S/C15H13N3O2/c19-10-12-1-3-13(4-2-12)15-17-14(20-18-15)9-11-5-7-16-8-6-11/h1-8,19H,9-10H2. The lowest BCUT2D eigenvalue weighted by Gasteiger charge is -1.97. The maximum absolute atomic E-state index is 9.01. The van der Waals surface area contributed by atoms with Crippen molar-refractivity contribution in [2.75, 3.05) is 0 Å². The van der Waals surface area contributed by atoms with Crippen molar-refractivity contribution >= 4 is 0 Å². The number of aliphatic hydroxyl groups excluding tert-OH is 1. The summed E-state index contributed by atoms with van der Waals surface area (Å²) in [6.07, 6.45) is 4.06. The van der Waals surface area contributed by atoms with E-state index in [1.807, 2.05) is 36.4 Å². The number of nitrogens with zero attached hydrogens (tertiary/aromatic N) is 3. The van der Waals surface area contributed by atoms with Crippen LogP contribution in [0.5, 0.6) is 0 Å². The maximum Gasteiger partial charge on any atom is 0.231 e. The Balaban J connectivity index is 1.79. The van der Waals surface area contributed by atoms with Crippen molar-refractivity contribution in [1.29, 1.82) is 0 Å². The van der Waals surface area contributed by atoms with Gasteiger partial charge in [-0.05, 0) is 23.3 Å². The van der Waals surface area contributed by atoms with Gasteiger partial charge in [-0.15, -0.1) is 0 Å². The highest BCUT2D eigenvalue weighted by atomic mass is 16.5. The van der Waals surface area contributed by atoms with Crippen LogP contribution in [0.2, 0.25) is 0 Å². The molecule has 5 heteroatoms. The monoisotopic (exact) mass is 267 g/mol. The van der Waals surface area contributed by atoms with Crippen molar-refractivity contribution in [3.63, 3.8) is 0 Å². The SMILES string of the molecule is OCc1ccc(-c2noc(Cc3ccncc3)n2)cc1. The zero-order valence-corrected chi connectivity index (χ0v) is 10.7. The summed E-state index contributed by atoms with van der Waals surface area (Å²) in [5, 5.41) is 13.0. The van der Waals surface area contributed by atoms with E-state index < -0.39 is 0 Å². The largest absolute Gasteiger partial charge is 0.392 e. The smallest absolute Gasteiger partial charge is 0.231 e. The van der Waals surface area contributed by atoms with Crippen LogP contribution < -0.4 is 0 Å². The maximum atomic E-state index is 9.01. The number of hydrogen-bond donors (Lipinski definition) is 1. The highest BCUT2D eigenvalue weighted by molar-refractivity contribution is 5.54. The molecule has 5 nitrogen and oxygen atoms in total. The predicted octanol–water partition coefficient (Wildman–Crippen LogP) is 2.21. The molecule has 0 bridgehead atoms. The van der Waals surface area contributed by atoms with Gasteiger partial charge in [0, 0.05) is 18.0 Å². The van der Waals surface area contributed by atoms with Gasteiger partial charge in [-0.25, -0.2) is 0 Å². The first-order chi connectivity index (χ1) is 9.85. The minimum absolute atomic E-state index is 0.0276. The number of pyridine rings is 1. The van der Waals surface area contributed by atoms with Crippen LogP contribution in [0.4, 0.5) is 0 Å². The minimum atomic E-state index is 0.0276. The summed E-state index contributed by atoms with van der Waals surface area (Å²) in [4.78, 5) is 8.34. The summed E-state index contributed by atoms with van der Waals surface area (Å²) < 4.78 is 5.25. The molecular weight excluding hydrogens is 254 g/mol. The Morgan fingerprint density at radius 3 is 2.40 bits per heavy atom. The van der Waals surface area contributed by atoms with Crippen LogP contribution >= 0.6 is 0 Å². The topological polar surface area (TPSA) is 72.0 Å². The van der Waals surface area contributed by atoms with Gasteiger partial charge in [0.15, 0.2) is 0 Å². The predicted molar refractivity (Wildman–Crippen MR) is 72.7 cm³/mol. The molecule has 0 spiro atoms. The summed E-state index contributed by atoms with van der Waals surface area (Å²) in [5.74, 6) is 1.12. The normalized spacial score (nSPS) is 10.7. The van der Waals surface area contributed by atoms with Gasteiger partial charge in [0.25, 0.3) is 0 Å². The molecule has 1 N–H and O–H groups in total. The highest BCUT2D eigenvalue weighted by Gasteiger charge is 2.09. The lowest BCUT2D eigenvalue weighted by molar-refractivity contribution is 0.282. The van der Waals surface area contributed by atoms with E-state index in [2.05, 4.69) is 15.1 Å². The van der Waals surface area contributed by atoms with Crippen molar-refractivity contribution in [2.24, 2.45) is 0 Å². The number of aliphatic hydroxyl groups is 1. The molecule has 3 rings (SSSR count). The van der Waals surface area contributed by atoms with Gasteiger partial charge in [0.2, 0.25) is 11.7 Å². The Morgan fingerprint density at radius 1 is 0.950 bits per heavy atom. The molecule has 0 aliphatic rings. The van der Waals surface area contributed by atoms with E-state index in [1.165, 1.54) is 0 Å². The molecule has 0 saturated carbocycles. The number of aromatic nitrogens is 3. The second-order valence-corrected chi connectivity index (χ2v) is 4.40. The highest BCUT2D eigenvalue weighted by Crippen LogP contribution is 2.17. The van der Waals surface area contributed by atoms with Crippen LogP contribution in [-0.4, -0.2) is 20.2 Å². The van der Waals surface area contributed by atoms with Gasteiger partial charge in [0.05, 0.1) is 13.0 Å². The second kappa shape index (κ2) is 5.63. The van der Waals surface area contributed by atoms with Gasteiger partial charge in [-0.2, -0.15) is 4.98 Å². The molecule has 2 aromatic heterocycles. The van der Waals surface area contributed by atoms with Crippen LogP contribution in [0.25, 0.3) is 11.4 Å². The van der Waals surface area contributed by atoms with E-state index in [4.69, 9.17) is 9.63 Å². The third-order valence-corrected chi connectivity index (χ3v) is 2.97. The molecule has 100 valence electrons. The fourth-order valence-corrected chi connectivity index (χ4v) is 1.88. The van der Waals surface area contributed by atoms with Crippen LogP contribution in [-0.2, 0) is 13.0 Å². The van der Waals surface area contributed by atoms with E-state index in [1.54, 1.807) is 12.4 Å². The van der Waals surface area contributed by atoms with E-state index in [-0.39, 0.29) is 6.61 Å². The summed E-state index contributed by atoms with van der Waals surface area (Å²) in [6, 6.07) is 11.3. The Morgan fingerprint density at radius 2 is 1.70 bits per heavy atom.